The van der Waals surface area contributed by atoms with Gasteiger partial charge in [-0.1, -0.05) is 12.1 Å². The minimum atomic E-state index is -0.0953. The lowest BCUT2D eigenvalue weighted by Crippen LogP contribution is -2.33. The molecule has 8 nitrogen and oxygen atoms in total. The zero-order chi connectivity index (χ0) is 18.5. The largest absolute Gasteiger partial charge is 0.394 e. The number of nitrogens with two attached hydrogens (primary N) is 1. The molecule has 0 amide bonds. The van der Waals surface area contributed by atoms with E-state index in [2.05, 4.69) is 20.4 Å². The van der Waals surface area contributed by atoms with Crippen molar-refractivity contribution in [1.29, 1.82) is 10.8 Å². The zero-order valence-corrected chi connectivity index (χ0v) is 14.4. The van der Waals surface area contributed by atoms with E-state index in [1.807, 2.05) is 30.3 Å². The fourth-order valence-electron chi connectivity index (χ4n) is 2.61. The third-order valence-corrected chi connectivity index (χ3v) is 3.88. The molecule has 5 N–H and O–H groups in total. The summed E-state index contributed by atoms with van der Waals surface area (Å²) in [5, 5.41) is 24.6. The van der Waals surface area contributed by atoms with Gasteiger partial charge in [-0.2, -0.15) is 9.78 Å². The highest BCUT2D eigenvalue weighted by Gasteiger charge is 2.10. The topological polar surface area (TPSA) is 129 Å². The Morgan fingerprint density at radius 1 is 1.31 bits per heavy atom. The lowest BCUT2D eigenvalue weighted by Gasteiger charge is -2.10. The van der Waals surface area contributed by atoms with E-state index in [0.29, 0.717) is 12.1 Å². The average Bonchev–Trinajstić information content (AvgIpc) is 2.66. The Morgan fingerprint density at radius 3 is 2.92 bits per heavy atom. The molecule has 0 spiro atoms. The van der Waals surface area contributed by atoms with Crippen LogP contribution in [0.2, 0.25) is 0 Å². The van der Waals surface area contributed by atoms with Crippen LogP contribution in [0.3, 0.4) is 0 Å². The van der Waals surface area contributed by atoms with E-state index >= 15 is 0 Å². The summed E-state index contributed by atoms with van der Waals surface area (Å²) in [5.41, 5.74) is 8.78. The van der Waals surface area contributed by atoms with E-state index in [1.54, 1.807) is 19.4 Å². The van der Waals surface area contributed by atoms with Crippen LogP contribution in [0.5, 0.6) is 0 Å². The average molecular weight is 348 g/mol. The van der Waals surface area contributed by atoms with Crippen LogP contribution in [0.25, 0.3) is 16.5 Å². The summed E-state index contributed by atoms with van der Waals surface area (Å²) in [5.74, 6) is 0.161. The summed E-state index contributed by atoms with van der Waals surface area (Å²) < 4.78 is 1.22. The Labute approximate surface area is 150 Å². The van der Waals surface area contributed by atoms with Crippen molar-refractivity contribution in [3.05, 3.63) is 65.8 Å². The second-order valence-corrected chi connectivity index (χ2v) is 5.70. The predicted molar refractivity (Wildman–Crippen MR) is 101 cm³/mol. The maximum absolute atomic E-state index is 8.37. The first kappa shape index (κ1) is 17.4. The van der Waals surface area contributed by atoms with Gasteiger partial charge in [-0.25, -0.2) is 4.98 Å². The first-order chi connectivity index (χ1) is 12.6. The summed E-state index contributed by atoms with van der Waals surface area (Å²) in [6.07, 6.45) is 5.30. The van der Waals surface area contributed by atoms with Crippen molar-refractivity contribution in [2.24, 2.45) is 5.73 Å². The van der Waals surface area contributed by atoms with Gasteiger partial charge in [-0.15, -0.1) is 0 Å². The SMILES string of the molecule is CN/C=C(\CN)c1cnc(=N)n(C(=N)Cc2ccc3ncccc3c2)n1. The molecule has 3 aromatic rings. The monoisotopic (exact) mass is 348 g/mol. The first-order valence-corrected chi connectivity index (χ1v) is 8.11. The molecule has 3 rings (SSSR count). The van der Waals surface area contributed by atoms with Crippen molar-refractivity contribution in [2.75, 3.05) is 13.6 Å². The number of nitrogens with one attached hydrogen (secondary N) is 3. The molecule has 0 bridgehead atoms. The molecule has 0 radical (unpaired) electrons. The van der Waals surface area contributed by atoms with Crippen LogP contribution in [0.4, 0.5) is 0 Å². The Balaban J connectivity index is 1.91. The second kappa shape index (κ2) is 7.66. The van der Waals surface area contributed by atoms with Crippen LogP contribution in [0, 0.1) is 10.8 Å². The quantitative estimate of drug-likeness (QED) is 0.402. The van der Waals surface area contributed by atoms with E-state index in [-0.39, 0.29) is 18.0 Å². The number of rotatable bonds is 5. The van der Waals surface area contributed by atoms with Gasteiger partial charge in [0.05, 0.1) is 11.7 Å². The highest BCUT2D eigenvalue weighted by Crippen LogP contribution is 2.14. The number of hydrogen-bond donors (Lipinski definition) is 4. The third-order valence-electron chi connectivity index (χ3n) is 3.88. The fraction of sp³-hybridized carbons (Fsp3) is 0.167. The first-order valence-electron chi connectivity index (χ1n) is 8.11. The van der Waals surface area contributed by atoms with E-state index in [1.165, 1.54) is 10.9 Å². The number of benzene rings is 1. The highest BCUT2D eigenvalue weighted by molar-refractivity contribution is 5.85. The lowest BCUT2D eigenvalue weighted by molar-refractivity contribution is 0.735. The van der Waals surface area contributed by atoms with Crippen molar-refractivity contribution in [3.8, 4) is 0 Å². The molecule has 0 saturated carbocycles. The van der Waals surface area contributed by atoms with Crippen LogP contribution in [-0.2, 0) is 6.42 Å². The summed E-state index contributed by atoms with van der Waals surface area (Å²) in [6.45, 7) is 0.276. The molecular formula is C18H20N8. The van der Waals surface area contributed by atoms with Crippen LogP contribution in [0.1, 0.15) is 11.3 Å². The molecule has 26 heavy (non-hydrogen) atoms. The number of aromatic nitrogens is 4. The van der Waals surface area contributed by atoms with E-state index in [9.17, 15) is 0 Å². The smallest absolute Gasteiger partial charge is 0.244 e. The molecule has 0 atom stereocenters. The molecule has 0 fully saturated rings. The van der Waals surface area contributed by atoms with Gasteiger partial charge in [0.1, 0.15) is 11.5 Å². The molecule has 0 saturated heterocycles. The maximum Gasteiger partial charge on any atom is 0.244 e. The van der Waals surface area contributed by atoms with Gasteiger partial charge in [0.15, 0.2) is 0 Å². The fourth-order valence-corrected chi connectivity index (χ4v) is 2.61. The second-order valence-electron chi connectivity index (χ2n) is 5.70. The Morgan fingerprint density at radius 2 is 2.15 bits per heavy atom. The van der Waals surface area contributed by atoms with Crippen LogP contribution in [0.15, 0.2) is 48.9 Å². The van der Waals surface area contributed by atoms with Crippen LogP contribution < -0.4 is 16.7 Å². The summed E-state index contributed by atoms with van der Waals surface area (Å²) in [6, 6.07) is 9.71. The van der Waals surface area contributed by atoms with Crippen molar-refractivity contribution in [2.45, 2.75) is 6.42 Å². The van der Waals surface area contributed by atoms with Gasteiger partial charge < -0.3 is 11.1 Å². The van der Waals surface area contributed by atoms with E-state index in [4.69, 9.17) is 16.6 Å². The molecular weight excluding hydrogens is 328 g/mol. The third kappa shape index (κ3) is 3.65. The molecule has 0 aliphatic heterocycles. The van der Waals surface area contributed by atoms with Crippen LogP contribution >= 0.6 is 0 Å². The number of nitrogens with zero attached hydrogens (tertiary/aromatic N) is 4. The zero-order valence-electron chi connectivity index (χ0n) is 14.4. The van der Waals surface area contributed by atoms with E-state index < -0.39 is 0 Å². The highest BCUT2D eigenvalue weighted by atomic mass is 15.3. The summed E-state index contributed by atoms with van der Waals surface area (Å²) in [4.78, 5) is 8.33. The van der Waals surface area contributed by atoms with E-state index in [0.717, 1.165) is 22.0 Å². The van der Waals surface area contributed by atoms with Gasteiger partial charge in [0.25, 0.3) is 0 Å². The van der Waals surface area contributed by atoms with Crippen molar-refractivity contribution >= 4 is 22.3 Å². The number of hydrogen-bond acceptors (Lipinski definition) is 7. The lowest BCUT2D eigenvalue weighted by atomic mass is 10.1. The minimum absolute atomic E-state index is 0.0953. The molecule has 8 heteroatoms. The summed E-state index contributed by atoms with van der Waals surface area (Å²) >= 11 is 0. The summed E-state index contributed by atoms with van der Waals surface area (Å²) in [7, 11) is 1.77. The van der Waals surface area contributed by atoms with Crippen molar-refractivity contribution < 1.29 is 0 Å². The minimum Gasteiger partial charge on any atom is -0.394 e. The van der Waals surface area contributed by atoms with Crippen LogP contribution in [-0.4, -0.2) is 39.2 Å². The Bertz CT molecular complexity index is 1030. The van der Waals surface area contributed by atoms with Crippen molar-refractivity contribution in [1.82, 2.24) is 25.1 Å². The normalized spacial score (nSPS) is 11.5. The van der Waals surface area contributed by atoms with Gasteiger partial charge in [-0.3, -0.25) is 15.8 Å². The molecule has 0 aliphatic rings. The van der Waals surface area contributed by atoms with Gasteiger partial charge in [-0.05, 0) is 23.8 Å². The van der Waals surface area contributed by atoms with Crippen molar-refractivity contribution in [3.63, 3.8) is 0 Å². The maximum atomic E-state index is 8.37. The molecule has 1 aromatic carbocycles. The predicted octanol–water partition coefficient (Wildman–Crippen LogP) is 0.893. The molecule has 0 aliphatic carbocycles. The molecule has 132 valence electrons. The Hall–Kier alpha value is -3.39. The van der Waals surface area contributed by atoms with Gasteiger partial charge in [0, 0.05) is 43.4 Å². The number of fused-ring (bicyclic) bond motifs is 1. The molecule has 0 unspecified atom stereocenters. The Kier molecular flexibility index (Phi) is 5.14. The van der Waals surface area contributed by atoms with Gasteiger partial charge in [0.2, 0.25) is 5.62 Å². The number of pyridine rings is 1. The van der Waals surface area contributed by atoms with Gasteiger partial charge >= 0.3 is 0 Å². The standard InChI is InChI=1S/C18H20N8/c1-22-10-14(9-19)16-11-24-18(21)26(25-16)17(20)8-12-4-5-15-13(7-12)3-2-6-23-15/h2-7,10-11,20-22H,8-9,19H2,1H3/b14-10+,20-17?,21-18?. The molecule has 2 aromatic heterocycles. The molecule has 2 heterocycles.